The van der Waals surface area contributed by atoms with E-state index in [4.69, 9.17) is 37.9 Å². The monoisotopic (exact) mass is 1860 g/mol. The highest BCUT2D eigenvalue weighted by molar-refractivity contribution is 5.92. The number of ether oxygens (including phenoxy) is 8. The Hall–Kier alpha value is -13.4. The largest absolute Gasteiger partial charge is 0.483 e. The molecular formula is C108H136N8O20. The Morgan fingerprint density at radius 1 is 0.250 bits per heavy atom. The first-order valence-corrected chi connectivity index (χ1v) is 46.4. The molecule has 4 atom stereocenters. The first-order valence-electron chi connectivity index (χ1n) is 46.4. The second kappa shape index (κ2) is 48.7. The van der Waals surface area contributed by atoms with Crippen molar-refractivity contribution in [1.29, 1.82) is 0 Å². The lowest BCUT2D eigenvalue weighted by atomic mass is 9.79. The van der Waals surface area contributed by atoms with Gasteiger partial charge in [0.1, 0.15) is 73.6 Å². The standard InChI is InChI=1S/C108H136N8O20/c1-65(2)93(101(125)133-57-69-33-25-21-26-34-69)113-85(117)53-109-89(121)61-129-97-73-41-75-47-82(106(12,13)14)49-77(98(75)130-62-90(122)110-54-86(118)114-94(66(3)4)102(126)134-58-70-35-27-22-28-36-70)43-79-51-84(108(18,19)20)52-80(100(79)132-64-92(124)112-56-88(120)116-96(68(7)8)104(128)136-60-72-39-31-24-32-40-72)44-78-50-83(107(15,16)17)48-76(42-74(97)46-81(45-73)105(9,10)11)99(78)131-63-91(123)111-55-87(119)115-95(67(5)6)103(127)135-59-71-37-29-23-30-38-71/h21-40,45-52,65-68,93-96H,41-44,53-64H2,1-20H3,(H,109,121)(H,110,122)(H,111,123)(H,112,124)(H,113,117)(H,114,118)(H,115,119)(H,116,120). The van der Waals surface area contributed by atoms with E-state index >= 15 is 0 Å². The molecule has 0 saturated heterocycles. The molecule has 0 aliphatic heterocycles. The lowest BCUT2D eigenvalue weighted by molar-refractivity contribution is -0.150. The van der Waals surface area contributed by atoms with Crippen molar-refractivity contribution in [1.82, 2.24) is 42.5 Å². The Kier molecular flexibility index (Phi) is 38.0. The van der Waals surface area contributed by atoms with Gasteiger partial charge in [-0.3, -0.25) is 38.4 Å². The van der Waals surface area contributed by atoms with Crippen LogP contribution >= 0.6 is 0 Å². The summed E-state index contributed by atoms with van der Waals surface area (Å²) in [5.74, 6) is -9.08. The molecule has 8 aromatic rings. The molecule has 8 N–H and O–H groups in total. The Morgan fingerprint density at radius 2 is 0.412 bits per heavy atom. The minimum absolute atomic E-state index is 0.0329. The van der Waals surface area contributed by atoms with E-state index in [1.54, 1.807) is 55.4 Å². The number of fused-ring (bicyclic) bond motifs is 8. The van der Waals surface area contributed by atoms with Crippen LogP contribution in [-0.4, -0.2) is 148 Å². The number of carbonyl (C=O) groups excluding carboxylic acids is 12. The van der Waals surface area contributed by atoms with Crippen molar-refractivity contribution in [3.63, 3.8) is 0 Å². The highest BCUT2D eigenvalue weighted by Gasteiger charge is 2.35. The SMILES string of the molecule is CC(C)C(NC(=O)CNC(=O)COc1c2cc(C(C)(C)C)cc1Cc1cc(C(C)(C)C)cc(c1OCC(=O)NCC(=O)NC(C(=O)OCc1ccccc1)C(C)C)Cc1cc(C(C)(C)C)cc(c1OCC(=O)NCC(=O)NC(C(=O)OCc1ccccc1)C(C)C)Cc1cc(C(C)(C)C)cc(c1OCC(=O)NCC(=O)NC(C(=O)OCc1ccccc1)C(C)C)C2)C(=O)OCc1ccccc1. The van der Waals surface area contributed by atoms with Gasteiger partial charge in [-0.15, -0.1) is 0 Å². The zero-order chi connectivity index (χ0) is 99.5. The summed E-state index contributed by atoms with van der Waals surface area (Å²) in [6, 6.07) is 47.9. The third-order valence-corrected chi connectivity index (χ3v) is 23.0. The van der Waals surface area contributed by atoms with Crippen LogP contribution in [0, 0.1) is 23.7 Å². The Morgan fingerprint density at radius 3 is 0.559 bits per heavy atom. The third kappa shape index (κ3) is 32.4. The van der Waals surface area contributed by atoms with Gasteiger partial charge in [0.15, 0.2) is 26.4 Å². The Labute approximate surface area is 799 Å². The fourth-order valence-electron chi connectivity index (χ4n) is 15.0. The topological polar surface area (TPSA) is 375 Å². The molecule has 728 valence electrons. The molecule has 8 aromatic carbocycles. The van der Waals surface area contributed by atoms with Crippen molar-refractivity contribution in [3.05, 3.63) is 259 Å². The van der Waals surface area contributed by atoms with Crippen LogP contribution < -0.4 is 61.5 Å². The van der Waals surface area contributed by atoms with Crippen LogP contribution in [0.2, 0.25) is 0 Å². The van der Waals surface area contributed by atoms with Crippen molar-refractivity contribution in [3.8, 4) is 23.0 Å². The summed E-state index contributed by atoms with van der Waals surface area (Å²) in [6.07, 6.45) is -0.187. The maximum Gasteiger partial charge on any atom is 0.329 e. The predicted molar refractivity (Wildman–Crippen MR) is 518 cm³/mol. The van der Waals surface area contributed by atoms with E-state index in [9.17, 15) is 57.5 Å². The van der Waals surface area contributed by atoms with E-state index < -0.39 is 193 Å². The van der Waals surface area contributed by atoms with Crippen molar-refractivity contribution < 1.29 is 95.4 Å². The molecule has 0 fully saturated rings. The number of hydrogen-bond acceptors (Lipinski definition) is 20. The quantitative estimate of drug-likeness (QED) is 0.0131. The maximum atomic E-state index is 14.7. The van der Waals surface area contributed by atoms with Gasteiger partial charge in [0.05, 0.1) is 26.2 Å². The molecular weight excluding hydrogens is 1730 g/mol. The summed E-state index contributed by atoms with van der Waals surface area (Å²) in [4.78, 5) is 169. The molecule has 0 heterocycles. The summed E-state index contributed by atoms with van der Waals surface area (Å²) in [7, 11) is 0. The molecule has 4 unspecified atom stereocenters. The molecule has 9 rings (SSSR count). The zero-order valence-electron chi connectivity index (χ0n) is 82.3. The molecule has 0 aromatic heterocycles. The van der Waals surface area contributed by atoms with Gasteiger partial charge in [-0.1, -0.05) is 308 Å². The lowest BCUT2D eigenvalue weighted by Crippen LogP contribution is -2.49. The van der Waals surface area contributed by atoms with Crippen molar-refractivity contribution in [2.24, 2.45) is 23.7 Å². The number of rotatable bonds is 40. The predicted octanol–water partition coefficient (Wildman–Crippen LogP) is 13.1. The van der Waals surface area contributed by atoms with Crippen LogP contribution in [0.4, 0.5) is 0 Å². The molecule has 28 heteroatoms. The van der Waals surface area contributed by atoms with Crippen LogP contribution in [0.3, 0.4) is 0 Å². The van der Waals surface area contributed by atoms with E-state index in [1.807, 2.05) is 253 Å². The minimum Gasteiger partial charge on any atom is -0.483 e. The van der Waals surface area contributed by atoms with Crippen LogP contribution in [0.25, 0.3) is 0 Å². The van der Waals surface area contributed by atoms with Gasteiger partial charge in [-0.05, 0) is 134 Å². The van der Waals surface area contributed by atoms with Gasteiger partial charge < -0.3 is 80.4 Å². The van der Waals surface area contributed by atoms with Crippen LogP contribution in [0.15, 0.2) is 170 Å². The summed E-state index contributed by atoms with van der Waals surface area (Å²) in [5.41, 5.74) is 7.79. The first kappa shape index (κ1) is 106. The van der Waals surface area contributed by atoms with E-state index in [2.05, 4.69) is 42.5 Å². The molecule has 136 heavy (non-hydrogen) atoms. The van der Waals surface area contributed by atoms with Gasteiger partial charge >= 0.3 is 23.9 Å². The second-order valence-corrected chi connectivity index (χ2v) is 40.0. The smallest absolute Gasteiger partial charge is 0.329 e. The number of esters is 4. The van der Waals surface area contributed by atoms with Gasteiger partial charge in [-0.2, -0.15) is 0 Å². The van der Waals surface area contributed by atoms with Crippen LogP contribution in [0.1, 0.15) is 227 Å². The zero-order valence-corrected chi connectivity index (χ0v) is 82.3. The highest BCUT2D eigenvalue weighted by Crippen LogP contribution is 2.45. The van der Waals surface area contributed by atoms with Crippen LogP contribution in [-0.2, 0) is 150 Å². The molecule has 28 nitrogen and oxygen atoms in total. The molecule has 1 aliphatic carbocycles. The average Bonchev–Trinajstić information content (AvgIpc) is 0.756. The van der Waals surface area contributed by atoms with Gasteiger partial charge in [0.2, 0.25) is 23.6 Å². The van der Waals surface area contributed by atoms with Crippen molar-refractivity contribution in [2.45, 2.75) is 236 Å². The van der Waals surface area contributed by atoms with Crippen molar-refractivity contribution in [2.75, 3.05) is 52.6 Å². The fraction of sp³-hybridized carbons (Fsp3) is 0.444. The summed E-state index contributed by atoms with van der Waals surface area (Å²) >= 11 is 0. The van der Waals surface area contributed by atoms with E-state index in [0.717, 1.165) is 44.5 Å². The number of amides is 8. The van der Waals surface area contributed by atoms with Gasteiger partial charge in [0.25, 0.3) is 23.6 Å². The third-order valence-electron chi connectivity index (χ3n) is 23.0. The van der Waals surface area contributed by atoms with Gasteiger partial charge in [0, 0.05) is 25.7 Å². The molecule has 8 amide bonds. The van der Waals surface area contributed by atoms with Crippen molar-refractivity contribution >= 4 is 71.1 Å². The molecule has 1 aliphatic rings. The summed E-state index contributed by atoms with van der Waals surface area (Å²) in [5, 5.41) is 21.7. The number of hydrogen-bond donors (Lipinski definition) is 8. The van der Waals surface area contributed by atoms with E-state index in [0.29, 0.717) is 44.5 Å². The Bertz CT molecular complexity index is 4750. The lowest BCUT2D eigenvalue weighted by Gasteiger charge is -2.29. The summed E-state index contributed by atoms with van der Waals surface area (Å²) < 4.78 is 50.5. The normalized spacial score (nSPS) is 13.0. The first-order chi connectivity index (χ1) is 64.2. The van der Waals surface area contributed by atoms with Crippen LogP contribution in [0.5, 0.6) is 23.0 Å². The molecule has 0 radical (unpaired) electrons. The molecule has 0 spiro atoms. The average molecular weight is 1870 g/mol. The highest BCUT2D eigenvalue weighted by atomic mass is 16.6. The Balaban J connectivity index is 1.19. The van der Waals surface area contributed by atoms with E-state index in [1.165, 1.54) is 0 Å². The minimum atomic E-state index is -1.08. The fourth-order valence-corrected chi connectivity index (χ4v) is 15.0. The molecule has 0 saturated carbocycles. The second-order valence-electron chi connectivity index (χ2n) is 40.0. The maximum absolute atomic E-state index is 14.7. The molecule has 8 bridgehead atoms. The van der Waals surface area contributed by atoms with E-state index in [-0.39, 0.29) is 75.1 Å². The number of benzene rings is 8. The summed E-state index contributed by atoms with van der Waals surface area (Å²) in [6.45, 7) is 33.5. The number of nitrogens with one attached hydrogen (secondary N) is 8. The van der Waals surface area contributed by atoms with Gasteiger partial charge in [-0.25, -0.2) is 19.2 Å². The number of carbonyl (C=O) groups is 12.